The molecular weight excluding hydrogens is 276 g/mol. The number of hydrogen-bond acceptors (Lipinski definition) is 5. The first-order valence-electron chi connectivity index (χ1n) is 5.54. The molecule has 0 saturated heterocycles. The average Bonchev–Trinajstić information content (AvgIpc) is 2.80. The molecule has 90 valence electrons. The van der Waals surface area contributed by atoms with Crippen LogP contribution in [0.1, 0.15) is 25.1 Å². The fourth-order valence-electron chi connectivity index (χ4n) is 1.90. The quantitative estimate of drug-likeness (QED) is 0.850. The van der Waals surface area contributed by atoms with E-state index in [9.17, 15) is 0 Å². The number of fused-ring (bicyclic) bond motifs is 1. The molecule has 2 aromatic heterocycles. The summed E-state index contributed by atoms with van der Waals surface area (Å²) >= 11 is 8.91. The van der Waals surface area contributed by atoms with Gasteiger partial charge < -0.3 is 4.57 Å². The van der Waals surface area contributed by atoms with Crippen LogP contribution in [0.15, 0.2) is 14.9 Å². The summed E-state index contributed by atoms with van der Waals surface area (Å²) in [6, 6.07) is 0. The third-order valence-electron chi connectivity index (χ3n) is 2.71. The number of rotatable bonds is 2. The molecular formula is C10H11ClN4S2. The molecule has 0 aliphatic carbocycles. The number of halogens is 1. The van der Waals surface area contributed by atoms with Crippen LogP contribution in [0.4, 0.5) is 0 Å². The normalized spacial score (nSPS) is 15.6. The molecule has 0 radical (unpaired) electrons. The lowest BCUT2D eigenvalue weighted by molar-refractivity contribution is 0.591. The minimum Gasteiger partial charge on any atom is -0.306 e. The van der Waals surface area contributed by atoms with Crippen molar-refractivity contribution in [3.05, 3.63) is 16.4 Å². The molecule has 1 aliphatic heterocycles. The summed E-state index contributed by atoms with van der Waals surface area (Å²) in [4.78, 5) is 4.22. The van der Waals surface area contributed by atoms with E-state index in [0.717, 1.165) is 28.3 Å². The van der Waals surface area contributed by atoms with Crippen LogP contribution < -0.4 is 0 Å². The van der Waals surface area contributed by atoms with Gasteiger partial charge in [0.15, 0.2) is 9.50 Å². The first-order valence-corrected chi connectivity index (χ1v) is 7.61. The number of thiazole rings is 1. The number of hydrogen-bond donors (Lipinski definition) is 0. The van der Waals surface area contributed by atoms with Crippen molar-refractivity contribution in [3.8, 4) is 0 Å². The Kier molecular flexibility index (Phi) is 3.35. The first-order chi connectivity index (χ1) is 8.33. The fraction of sp³-hybridized carbons (Fsp3) is 0.500. The molecule has 0 amide bonds. The van der Waals surface area contributed by atoms with Gasteiger partial charge in [0.25, 0.3) is 0 Å². The standard InChI is InChI=1S/C10H11ClN4S2/c11-7-6-16-10(12-7)17-9-14-13-8-4-2-1-3-5-15(8)9/h6H,1-5H2. The molecule has 2 aromatic rings. The van der Waals surface area contributed by atoms with Crippen molar-refractivity contribution < 1.29 is 0 Å². The summed E-state index contributed by atoms with van der Waals surface area (Å²) < 4.78 is 3.14. The molecule has 0 bridgehead atoms. The molecule has 0 spiro atoms. The second-order valence-electron chi connectivity index (χ2n) is 3.90. The van der Waals surface area contributed by atoms with Gasteiger partial charge in [0.2, 0.25) is 0 Å². The van der Waals surface area contributed by atoms with Crippen molar-refractivity contribution in [3.63, 3.8) is 0 Å². The molecule has 7 heteroatoms. The smallest absolute Gasteiger partial charge is 0.198 e. The van der Waals surface area contributed by atoms with Crippen LogP contribution >= 0.6 is 34.7 Å². The third-order valence-corrected chi connectivity index (χ3v) is 4.96. The predicted octanol–water partition coefficient (Wildman–Crippen LogP) is 3.27. The monoisotopic (exact) mass is 286 g/mol. The summed E-state index contributed by atoms with van der Waals surface area (Å²) in [5, 5.41) is 11.8. The molecule has 0 fully saturated rings. The van der Waals surface area contributed by atoms with Crippen molar-refractivity contribution in [2.75, 3.05) is 0 Å². The van der Waals surface area contributed by atoms with E-state index in [1.165, 1.54) is 19.3 Å². The lowest BCUT2D eigenvalue weighted by atomic mass is 10.2. The summed E-state index contributed by atoms with van der Waals surface area (Å²) in [5.41, 5.74) is 0. The van der Waals surface area contributed by atoms with E-state index >= 15 is 0 Å². The maximum Gasteiger partial charge on any atom is 0.198 e. The van der Waals surface area contributed by atoms with Gasteiger partial charge in [-0.15, -0.1) is 21.5 Å². The van der Waals surface area contributed by atoms with E-state index in [4.69, 9.17) is 11.6 Å². The Morgan fingerprint density at radius 3 is 3.06 bits per heavy atom. The van der Waals surface area contributed by atoms with E-state index in [2.05, 4.69) is 19.7 Å². The van der Waals surface area contributed by atoms with Crippen LogP contribution in [0.25, 0.3) is 0 Å². The Morgan fingerprint density at radius 2 is 2.24 bits per heavy atom. The van der Waals surface area contributed by atoms with Crippen LogP contribution in [0, 0.1) is 0 Å². The van der Waals surface area contributed by atoms with E-state index in [1.54, 1.807) is 23.1 Å². The van der Waals surface area contributed by atoms with Gasteiger partial charge in [-0.05, 0) is 24.6 Å². The van der Waals surface area contributed by atoms with Crippen molar-refractivity contribution in [1.29, 1.82) is 0 Å². The largest absolute Gasteiger partial charge is 0.306 e. The predicted molar refractivity (Wildman–Crippen MR) is 68.8 cm³/mol. The maximum absolute atomic E-state index is 5.81. The summed E-state index contributed by atoms with van der Waals surface area (Å²) in [6.07, 6.45) is 4.73. The second kappa shape index (κ2) is 4.96. The van der Waals surface area contributed by atoms with Gasteiger partial charge in [-0.25, -0.2) is 4.98 Å². The van der Waals surface area contributed by atoms with E-state index < -0.39 is 0 Å². The summed E-state index contributed by atoms with van der Waals surface area (Å²) in [5.74, 6) is 1.10. The average molecular weight is 287 g/mol. The van der Waals surface area contributed by atoms with E-state index in [0.29, 0.717) is 5.15 Å². The van der Waals surface area contributed by atoms with Gasteiger partial charge in [0.05, 0.1) is 0 Å². The van der Waals surface area contributed by atoms with Crippen LogP contribution in [0.3, 0.4) is 0 Å². The highest BCUT2D eigenvalue weighted by Gasteiger charge is 2.16. The highest BCUT2D eigenvalue weighted by Crippen LogP contribution is 2.31. The highest BCUT2D eigenvalue weighted by molar-refractivity contribution is 8.00. The zero-order valence-electron chi connectivity index (χ0n) is 9.10. The molecule has 3 rings (SSSR count). The van der Waals surface area contributed by atoms with Crippen LogP contribution in [0.2, 0.25) is 5.15 Å². The van der Waals surface area contributed by atoms with Gasteiger partial charge in [-0.1, -0.05) is 18.0 Å². The van der Waals surface area contributed by atoms with Crippen molar-refractivity contribution >= 4 is 34.7 Å². The van der Waals surface area contributed by atoms with Crippen molar-refractivity contribution in [2.45, 2.75) is 41.7 Å². The highest BCUT2D eigenvalue weighted by atomic mass is 35.5. The molecule has 17 heavy (non-hydrogen) atoms. The Balaban J connectivity index is 1.86. The topological polar surface area (TPSA) is 43.6 Å². The Morgan fingerprint density at radius 1 is 1.29 bits per heavy atom. The lowest BCUT2D eigenvalue weighted by Gasteiger charge is -2.04. The fourth-order valence-corrected chi connectivity index (χ4v) is 3.87. The molecule has 0 aromatic carbocycles. The zero-order chi connectivity index (χ0) is 11.7. The molecule has 1 aliphatic rings. The van der Waals surface area contributed by atoms with Gasteiger partial charge >= 0.3 is 0 Å². The molecule has 3 heterocycles. The van der Waals surface area contributed by atoms with Crippen molar-refractivity contribution in [1.82, 2.24) is 19.7 Å². The van der Waals surface area contributed by atoms with Crippen LogP contribution in [-0.2, 0) is 13.0 Å². The SMILES string of the molecule is Clc1csc(Sc2nnc3n2CCCCC3)n1. The Labute approximate surface area is 112 Å². The van der Waals surface area contributed by atoms with E-state index in [1.807, 2.05) is 5.38 Å². The number of nitrogens with zero attached hydrogens (tertiary/aromatic N) is 4. The second-order valence-corrected chi connectivity index (χ2v) is 6.36. The first kappa shape index (κ1) is 11.5. The van der Waals surface area contributed by atoms with Crippen molar-refractivity contribution in [2.24, 2.45) is 0 Å². The van der Waals surface area contributed by atoms with E-state index in [-0.39, 0.29) is 0 Å². The minimum atomic E-state index is 0.549. The Hall–Kier alpha value is -0.590. The van der Waals surface area contributed by atoms with Gasteiger partial charge in [-0.3, -0.25) is 0 Å². The molecule has 0 saturated carbocycles. The van der Waals surface area contributed by atoms with Gasteiger partial charge in [0, 0.05) is 18.3 Å². The molecule has 0 atom stereocenters. The van der Waals surface area contributed by atoms with Crippen LogP contribution in [-0.4, -0.2) is 19.7 Å². The lowest BCUT2D eigenvalue weighted by Crippen LogP contribution is -2.01. The zero-order valence-corrected chi connectivity index (χ0v) is 11.5. The molecule has 0 N–H and O–H groups in total. The maximum atomic E-state index is 5.81. The molecule has 0 unspecified atom stereocenters. The van der Waals surface area contributed by atoms with Gasteiger partial charge in [-0.2, -0.15) is 0 Å². The number of aromatic nitrogens is 4. The number of aryl methyl sites for hydroxylation is 1. The minimum absolute atomic E-state index is 0.549. The van der Waals surface area contributed by atoms with Crippen LogP contribution in [0.5, 0.6) is 0 Å². The van der Waals surface area contributed by atoms with Gasteiger partial charge in [0.1, 0.15) is 11.0 Å². The third kappa shape index (κ3) is 2.48. The Bertz CT molecular complexity index is 522. The summed E-state index contributed by atoms with van der Waals surface area (Å²) in [6.45, 7) is 1.02. The molecule has 4 nitrogen and oxygen atoms in total. The summed E-state index contributed by atoms with van der Waals surface area (Å²) in [7, 11) is 0.